The highest BCUT2D eigenvalue weighted by atomic mass is 14.9. The molecule has 0 heterocycles. The second kappa shape index (κ2) is 6.09. The van der Waals surface area contributed by atoms with Gasteiger partial charge in [-0.3, -0.25) is 0 Å². The van der Waals surface area contributed by atoms with E-state index in [1.54, 1.807) is 0 Å². The molecule has 0 saturated carbocycles. The minimum Gasteiger partial charge on any atom is -0.329 e. The normalized spacial score (nSPS) is 27.6. The number of hydrogen-bond acceptors (Lipinski definition) is 2. The number of hydrogen-bond donors (Lipinski definition) is 2. The molecule has 0 saturated heterocycles. The van der Waals surface area contributed by atoms with Crippen molar-refractivity contribution >= 4 is 0 Å². The second-order valence-corrected chi connectivity index (χ2v) is 4.50. The van der Waals surface area contributed by atoms with Crippen molar-refractivity contribution in [2.75, 3.05) is 13.1 Å². The molecule has 0 bridgehead atoms. The molecule has 2 nitrogen and oxygen atoms in total. The maximum Gasteiger partial charge on any atom is 0.0258 e. The molecular weight excluding hydrogens is 184 g/mol. The average molecular weight is 208 g/mol. The average Bonchev–Trinajstić information content (AvgIpc) is 2.21. The molecule has 0 aromatic carbocycles. The first kappa shape index (κ1) is 12.5. The molecule has 0 aliphatic heterocycles. The van der Waals surface area contributed by atoms with Crippen molar-refractivity contribution in [2.24, 2.45) is 17.6 Å². The molecule has 3 atom stereocenters. The highest BCUT2D eigenvalue weighted by Crippen LogP contribution is 2.25. The van der Waals surface area contributed by atoms with Crippen molar-refractivity contribution in [3.05, 3.63) is 23.8 Å². The zero-order valence-corrected chi connectivity index (χ0v) is 10.2. The molecule has 1 aliphatic rings. The molecule has 1 rings (SSSR count). The van der Waals surface area contributed by atoms with Gasteiger partial charge in [0, 0.05) is 12.6 Å². The Morgan fingerprint density at radius 3 is 2.80 bits per heavy atom. The monoisotopic (exact) mass is 208 g/mol. The fourth-order valence-electron chi connectivity index (χ4n) is 2.23. The van der Waals surface area contributed by atoms with Crippen LogP contribution in [-0.4, -0.2) is 19.1 Å². The van der Waals surface area contributed by atoms with Gasteiger partial charge in [-0.25, -0.2) is 0 Å². The lowest BCUT2D eigenvalue weighted by atomic mass is 9.82. The summed E-state index contributed by atoms with van der Waals surface area (Å²) in [6.07, 6.45) is 8.01. The Kier molecular flexibility index (Phi) is 5.06. The van der Waals surface area contributed by atoms with Crippen LogP contribution < -0.4 is 11.1 Å². The summed E-state index contributed by atoms with van der Waals surface area (Å²) in [6, 6.07) is 0.417. The third-order valence-corrected chi connectivity index (χ3v) is 3.09. The van der Waals surface area contributed by atoms with Gasteiger partial charge in [0.15, 0.2) is 0 Å². The first-order valence-corrected chi connectivity index (χ1v) is 5.99. The first-order chi connectivity index (χ1) is 7.19. The molecule has 0 aromatic rings. The van der Waals surface area contributed by atoms with Gasteiger partial charge in [-0.1, -0.05) is 37.6 Å². The van der Waals surface area contributed by atoms with Gasteiger partial charge in [-0.05, 0) is 31.7 Å². The van der Waals surface area contributed by atoms with Crippen molar-refractivity contribution < 1.29 is 0 Å². The Balaban J connectivity index is 2.58. The summed E-state index contributed by atoms with van der Waals surface area (Å²) in [7, 11) is 0. The van der Waals surface area contributed by atoms with Gasteiger partial charge in [0.25, 0.3) is 0 Å². The molecule has 1 aliphatic carbocycles. The molecule has 0 fully saturated rings. The van der Waals surface area contributed by atoms with E-state index in [9.17, 15) is 0 Å². The minimum absolute atomic E-state index is 0.417. The van der Waals surface area contributed by atoms with E-state index in [1.165, 1.54) is 5.57 Å². The molecule has 0 spiro atoms. The van der Waals surface area contributed by atoms with Gasteiger partial charge in [0.2, 0.25) is 0 Å². The zero-order chi connectivity index (χ0) is 11.3. The van der Waals surface area contributed by atoms with Crippen LogP contribution >= 0.6 is 0 Å². The van der Waals surface area contributed by atoms with E-state index in [-0.39, 0.29) is 0 Å². The van der Waals surface area contributed by atoms with E-state index in [4.69, 9.17) is 5.73 Å². The molecule has 2 heteroatoms. The maximum atomic E-state index is 5.82. The summed E-state index contributed by atoms with van der Waals surface area (Å²) in [6.45, 7) is 8.38. The fraction of sp³-hybridized carbons (Fsp3) is 0.692. The van der Waals surface area contributed by atoms with E-state index >= 15 is 0 Å². The lowest BCUT2D eigenvalue weighted by Crippen LogP contribution is -2.44. The summed E-state index contributed by atoms with van der Waals surface area (Å²) >= 11 is 0. The van der Waals surface area contributed by atoms with E-state index < -0.39 is 0 Å². The standard InChI is InChI=1S/C13H24N2/c1-4-7-15-13(9-14)12-6-5-10(2)8-11(12)3/h5-6,8,11-13,15H,4,7,9,14H2,1-3H3. The highest BCUT2D eigenvalue weighted by molar-refractivity contribution is 5.24. The van der Waals surface area contributed by atoms with Crippen LogP contribution in [0.15, 0.2) is 23.8 Å². The quantitative estimate of drug-likeness (QED) is 0.726. The third kappa shape index (κ3) is 3.47. The van der Waals surface area contributed by atoms with Crippen LogP contribution in [0.2, 0.25) is 0 Å². The van der Waals surface area contributed by atoms with Crippen molar-refractivity contribution in [2.45, 2.75) is 33.2 Å². The topological polar surface area (TPSA) is 38.0 Å². The van der Waals surface area contributed by atoms with E-state index in [0.29, 0.717) is 24.4 Å². The van der Waals surface area contributed by atoms with Crippen molar-refractivity contribution in [1.82, 2.24) is 5.32 Å². The number of rotatable bonds is 5. The summed E-state index contributed by atoms with van der Waals surface area (Å²) in [5, 5.41) is 3.53. The summed E-state index contributed by atoms with van der Waals surface area (Å²) in [5.41, 5.74) is 7.19. The third-order valence-electron chi connectivity index (χ3n) is 3.09. The predicted molar refractivity (Wildman–Crippen MR) is 66.7 cm³/mol. The van der Waals surface area contributed by atoms with Crippen LogP contribution in [-0.2, 0) is 0 Å². The lowest BCUT2D eigenvalue weighted by Gasteiger charge is -2.30. The van der Waals surface area contributed by atoms with Crippen LogP contribution in [0.3, 0.4) is 0 Å². The van der Waals surface area contributed by atoms with Crippen LogP contribution in [0, 0.1) is 11.8 Å². The first-order valence-electron chi connectivity index (χ1n) is 5.99. The summed E-state index contributed by atoms with van der Waals surface area (Å²) in [5.74, 6) is 1.14. The smallest absolute Gasteiger partial charge is 0.0258 e. The van der Waals surface area contributed by atoms with Crippen LogP contribution in [0.25, 0.3) is 0 Å². The Bertz CT molecular complexity index is 243. The minimum atomic E-state index is 0.417. The highest BCUT2D eigenvalue weighted by Gasteiger charge is 2.23. The van der Waals surface area contributed by atoms with Gasteiger partial charge in [0.05, 0.1) is 0 Å². The van der Waals surface area contributed by atoms with E-state index in [0.717, 1.165) is 13.0 Å². The van der Waals surface area contributed by atoms with E-state index in [1.807, 2.05) is 0 Å². The summed E-state index contributed by atoms with van der Waals surface area (Å²) < 4.78 is 0. The molecule has 0 aromatic heterocycles. The Hall–Kier alpha value is -0.600. The molecule has 86 valence electrons. The van der Waals surface area contributed by atoms with E-state index in [2.05, 4.69) is 44.3 Å². The molecule has 0 radical (unpaired) electrons. The Morgan fingerprint density at radius 2 is 2.27 bits per heavy atom. The van der Waals surface area contributed by atoms with Gasteiger partial charge in [0.1, 0.15) is 0 Å². The predicted octanol–water partition coefficient (Wildman–Crippen LogP) is 2.08. The molecular formula is C13H24N2. The van der Waals surface area contributed by atoms with Gasteiger partial charge in [-0.15, -0.1) is 0 Å². The van der Waals surface area contributed by atoms with Crippen LogP contribution in [0.1, 0.15) is 27.2 Å². The van der Waals surface area contributed by atoms with Crippen LogP contribution in [0.5, 0.6) is 0 Å². The number of allylic oxidation sites excluding steroid dienone is 3. The van der Waals surface area contributed by atoms with Crippen molar-refractivity contribution in [3.63, 3.8) is 0 Å². The zero-order valence-electron chi connectivity index (χ0n) is 10.2. The van der Waals surface area contributed by atoms with Crippen LogP contribution in [0.4, 0.5) is 0 Å². The van der Waals surface area contributed by atoms with Gasteiger partial charge in [-0.2, -0.15) is 0 Å². The fourth-order valence-corrected chi connectivity index (χ4v) is 2.23. The molecule has 3 unspecified atom stereocenters. The summed E-state index contributed by atoms with van der Waals surface area (Å²) in [4.78, 5) is 0. The Morgan fingerprint density at radius 1 is 1.53 bits per heavy atom. The molecule has 15 heavy (non-hydrogen) atoms. The molecule has 0 amide bonds. The Labute approximate surface area is 93.6 Å². The molecule has 3 N–H and O–H groups in total. The lowest BCUT2D eigenvalue weighted by molar-refractivity contribution is 0.354. The van der Waals surface area contributed by atoms with Crippen molar-refractivity contribution in [3.8, 4) is 0 Å². The number of nitrogens with two attached hydrogens (primary N) is 1. The number of nitrogens with one attached hydrogen (secondary N) is 1. The van der Waals surface area contributed by atoms with Gasteiger partial charge >= 0.3 is 0 Å². The maximum absolute atomic E-state index is 5.82. The largest absolute Gasteiger partial charge is 0.329 e. The van der Waals surface area contributed by atoms with Crippen molar-refractivity contribution in [1.29, 1.82) is 0 Å². The SMILES string of the molecule is CCCNC(CN)C1C=CC(C)=CC1C. The second-order valence-electron chi connectivity index (χ2n) is 4.50. The van der Waals surface area contributed by atoms with Gasteiger partial charge < -0.3 is 11.1 Å².